The van der Waals surface area contributed by atoms with Crippen molar-refractivity contribution in [1.29, 1.82) is 0 Å². The highest BCUT2D eigenvalue weighted by Crippen LogP contribution is 2.38. The van der Waals surface area contributed by atoms with Gasteiger partial charge in [-0.15, -0.1) is 23.1 Å². The molecule has 2 heterocycles. The highest BCUT2D eigenvalue weighted by molar-refractivity contribution is 8.00. The van der Waals surface area contributed by atoms with Gasteiger partial charge in [-0.1, -0.05) is 0 Å². The van der Waals surface area contributed by atoms with E-state index < -0.39 is 17.7 Å². The summed E-state index contributed by atoms with van der Waals surface area (Å²) >= 11 is 2.66. The van der Waals surface area contributed by atoms with Crippen LogP contribution in [0.4, 0.5) is 15.5 Å². The van der Waals surface area contributed by atoms with Gasteiger partial charge in [0.05, 0.1) is 25.0 Å². The van der Waals surface area contributed by atoms with Crippen molar-refractivity contribution in [3.05, 3.63) is 40.3 Å². The van der Waals surface area contributed by atoms with Crippen molar-refractivity contribution in [3.8, 4) is 0 Å². The van der Waals surface area contributed by atoms with E-state index in [1.807, 2.05) is 32.9 Å². The van der Waals surface area contributed by atoms with Gasteiger partial charge in [-0.05, 0) is 57.0 Å². The lowest BCUT2D eigenvalue weighted by Gasteiger charge is -2.30. The van der Waals surface area contributed by atoms with Gasteiger partial charge in [0.1, 0.15) is 10.6 Å². The predicted octanol–water partition coefficient (Wildman–Crippen LogP) is 4.14. The van der Waals surface area contributed by atoms with Crippen molar-refractivity contribution in [1.82, 2.24) is 4.90 Å². The number of thiophene rings is 1. The number of ether oxygens (including phenoxy) is 2. The standard InChI is InChI=1S/C22H27N3O5S2/c1-22(2,3)30-21(28)25-10-9-15-16(11-25)32-19(18(15)20(27)29-4)24-17(26)12-31-14-7-5-13(23)6-8-14/h5-8H,9-12,23H2,1-4H3,(H,24,26). The Morgan fingerprint density at radius 1 is 1.22 bits per heavy atom. The van der Waals surface area contributed by atoms with Gasteiger partial charge in [0, 0.05) is 22.0 Å². The van der Waals surface area contributed by atoms with Gasteiger partial charge in [0.2, 0.25) is 5.91 Å². The maximum atomic E-state index is 12.6. The van der Waals surface area contributed by atoms with Crippen LogP contribution in [0.3, 0.4) is 0 Å². The molecule has 0 fully saturated rings. The summed E-state index contributed by atoms with van der Waals surface area (Å²) < 4.78 is 10.4. The number of nitrogens with two attached hydrogens (primary N) is 1. The number of hydrogen-bond acceptors (Lipinski definition) is 8. The van der Waals surface area contributed by atoms with E-state index in [4.69, 9.17) is 15.2 Å². The molecule has 0 unspecified atom stereocenters. The fourth-order valence-electron chi connectivity index (χ4n) is 3.17. The van der Waals surface area contributed by atoms with E-state index >= 15 is 0 Å². The van der Waals surface area contributed by atoms with Crippen molar-refractivity contribution in [2.75, 3.05) is 30.5 Å². The summed E-state index contributed by atoms with van der Waals surface area (Å²) in [7, 11) is 1.31. The Kier molecular flexibility index (Phi) is 7.35. The molecule has 0 spiro atoms. The monoisotopic (exact) mass is 477 g/mol. The van der Waals surface area contributed by atoms with Crippen LogP contribution in [-0.4, -0.2) is 47.9 Å². The van der Waals surface area contributed by atoms with E-state index in [2.05, 4.69) is 5.32 Å². The van der Waals surface area contributed by atoms with Crippen molar-refractivity contribution in [2.24, 2.45) is 0 Å². The van der Waals surface area contributed by atoms with Crippen LogP contribution in [0, 0.1) is 0 Å². The Labute approximate surface area is 195 Å². The Bertz CT molecular complexity index is 1010. The number of carbonyl (C=O) groups excluding carboxylic acids is 3. The molecule has 3 N–H and O–H groups in total. The average molecular weight is 478 g/mol. The number of rotatable bonds is 5. The lowest BCUT2D eigenvalue weighted by molar-refractivity contribution is -0.113. The molecule has 1 aromatic heterocycles. The molecule has 1 aliphatic heterocycles. The number of anilines is 2. The summed E-state index contributed by atoms with van der Waals surface area (Å²) in [5, 5.41) is 3.29. The number of carbonyl (C=O) groups is 3. The number of hydrogen-bond donors (Lipinski definition) is 2. The van der Waals surface area contributed by atoms with Gasteiger partial charge in [0.15, 0.2) is 0 Å². The van der Waals surface area contributed by atoms with Crippen molar-refractivity contribution >= 4 is 51.8 Å². The first kappa shape index (κ1) is 23.9. The summed E-state index contributed by atoms with van der Waals surface area (Å²) in [6.45, 7) is 6.18. The number of thioether (sulfide) groups is 1. The van der Waals surface area contributed by atoms with Crippen LogP contribution >= 0.6 is 23.1 Å². The number of nitrogen functional groups attached to an aromatic ring is 1. The minimum Gasteiger partial charge on any atom is -0.465 e. The van der Waals surface area contributed by atoms with Crippen LogP contribution < -0.4 is 11.1 Å². The Morgan fingerprint density at radius 3 is 2.53 bits per heavy atom. The van der Waals surface area contributed by atoms with Crippen molar-refractivity contribution in [3.63, 3.8) is 0 Å². The van der Waals surface area contributed by atoms with Gasteiger partial charge in [-0.2, -0.15) is 0 Å². The largest absolute Gasteiger partial charge is 0.465 e. The number of nitrogens with one attached hydrogen (secondary N) is 1. The summed E-state index contributed by atoms with van der Waals surface area (Å²) in [5.74, 6) is -0.564. The molecule has 0 atom stereocenters. The van der Waals surface area contributed by atoms with Crippen molar-refractivity contribution < 1.29 is 23.9 Å². The topological polar surface area (TPSA) is 111 Å². The number of esters is 1. The first-order chi connectivity index (χ1) is 15.1. The molecule has 1 aromatic carbocycles. The quantitative estimate of drug-likeness (QED) is 0.378. The smallest absolute Gasteiger partial charge is 0.410 e. The molecule has 3 rings (SSSR count). The molecule has 0 aliphatic carbocycles. The molecular weight excluding hydrogens is 450 g/mol. The van der Waals surface area contributed by atoms with E-state index in [9.17, 15) is 14.4 Å². The minimum absolute atomic E-state index is 0.178. The first-order valence-electron chi connectivity index (χ1n) is 10.1. The summed E-state index contributed by atoms with van der Waals surface area (Å²) in [4.78, 5) is 40.9. The predicted molar refractivity (Wildman–Crippen MR) is 126 cm³/mol. The Balaban J connectivity index is 1.74. The van der Waals surface area contributed by atoms with Crippen molar-refractivity contribution in [2.45, 2.75) is 44.2 Å². The number of amides is 2. The molecule has 172 valence electrons. The number of methoxy groups -OCH3 is 1. The molecule has 8 nitrogen and oxygen atoms in total. The molecule has 0 saturated heterocycles. The SMILES string of the molecule is COC(=O)c1c(NC(=O)CSc2ccc(N)cc2)sc2c1CCN(C(=O)OC(C)(C)C)C2. The van der Waals surface area contributed by atoms with Crippen LogP contribution in [-0.2, 0) is 27.2 Å². The maximum absolute atomic E-state index is 12.6. The number of fused-ring (bicyclic) bond motifs is 1. The third kappa shape index (κ3) is 5.95. The molecule has 0 bridgehead atoms. The second kappa shape index (κ2) is 9.83. The van der Waals surface area contributed by atoms with E-state index in [1.54, 1.807) is 17.0 Å². The fraction of sp³-hybridized carbons (Fsp3) is 0.409. The van der Waals surface area contributed by atoms with Gasteiger partial charge >= 0.3 is 12.1 Å². The molecule has 2 amide bonds. The molecule has 2 aromatic rings. The second-order valence-electron chi connectivity index (χ2n) is 8.26. The molecule has 1 aliphatic rings. The Morgan fingerprint density at radius 2 is 1.91 bits per heavy atom. The lowest BCUT2D eigenvalue weighted by atomic mass is 10.0. The Hall–Kier alpha value is -2.72. The molecular formula is C22H27N3O5S2. The molecule has 32 heavy (non-hydrogen) atoms. The zero-order valence-electron chi connectivity index (χ0n) is 18.5. The van der Waals surface area contributed by atoms with E-state index in [0.29, 0.717) is 35.8 Å². The third-order valence-corrected chi connectivity index (χ3v) is 6.75. The molecule has 10 heteroatoms. The number of benzene rings is 1. The van der Waals surface area contributed by atoms with Crippen LogP contribution in [0.15, 0.2) is 29.2 Å². The van der Waals surface area contributed by atoms with Crippen LogP contribution in [0.2, 0.25) is 0 Å². The summed E-state index contributed by atoms with van der Waals surface area (Å²) in [6.07, 6.45) is 0.0765. The highest BCUT2D eigenvalue weighted by atomic mass is 32.2. The van der Waals surface area contributed by atoms with Crippen LogP contribution in [0.5, 0.6) is 0 Å². The van der Waals surface area contributed by atoms with E-state index in [0.717, 1.165) is 15.3 Å². The average Bonchev–Trinajstić information content (AvgIpc) is 3.08. The van der Waals surface area contributed by atoms with Gasteiger partial charge < -0.3 is 25.4 Å². The molecule has 0 radical (unpaired) electrons. The van der Waals surface area contributed by atoms with Crippen LogP contribution in [0.25, 0.3) is 0 Å². The zero-order valence-corrected chi connectivity index (χ0v) is 20.2. The number of nitrogens with zero attached hydrogens (tertiary/aromatic N) is 1. The second-order valence-corrected chi connectivity index (χ2v) is 10.4. The van der Waals surface area contributed by atoms with Gasteiger partial charge in [-0.3, -0.25) is 4.79 Å². The maximum Gasteiger partial charge on any atom is 0.410 e. The van der Waals surface area contributed by atoms with Crippen LogP contribution in [0.1, 0.15) is 41.6 Å². The van der Waals surface area contributed by atoms with Gasteiger partial charge in [0.25, 0.3) is 0 Å². The summed E-state index contributed by atoms with van der Waals surface area (Å²) in [5.41, 5.74) is 6.92. The highest BCUT2D eigenvalue weighted by Gasteiger charge is 2.32. The van der Waals surface area contributed by atoms with E-state index in [-0.39, 0.29) is 11.7 Å². The normalized spacial score (nSPS) is 13.3. The summed E-state index contributed by atoms with van der Waals surface area (Å²) in [6, 6.07) is 7.25. The lowest BCUT2D eigenvalue weighted by Crippen LogP contribution is -2.39. The fourth-order valence-corrected chi connectivity index (χ4v) is 5.13. The van der Waals surface area contributed by atoms with E-state index in [1.165, 1.54) is 30.2 Å². The first-order valence-corrected chi connectivity index (χ1v) is 11.9. The zero-order chi connectivity index (χ0) is 23.5. The molecule has 0 saturated carbocycles. The minimum atomic E-state index is -0.592. The van der Waals surface area contributed by atoms with Gasteiger partial charge in [-0.25, -0.2) is 9.59 Å². The third-order valence-electron chi connectivity index (χ3n) is 4.60.